The quantitative estimate of drug-likeness (QED) is 0.624. The maximum Gasteiger partial charge on any atom is 0.270 e. The molecule has 0 radical (unpaired) electrons. The molecule has 0 aliphatic carbocycles. The third-order valence-electron chi connectivity index (χ3n) is 2.94. The summed E-state index contributed by atoms with van der Waals surface area (Å²) in [6.07, 6.45) is 1.41. The predicted molar refractivity (Wildman–Crippen MR) is 74.2 cm³/mol. The molecule has 1 aromatic carbocycles. The van der Waals surface area contributed by atoms with Crippen LogP contribution in [0.1, 0.15) is 6.92 Å². The Bertz CT molecular complexity index is 695. The van der Waals surface area contributed by atoms with Crippen LogP contribution >= 0.6 is 0 Å². The van der Waals surface area contributed by atoms with Crippen LogP contribution in [0.3, 0.4) is 0 Å². The van der Waals surface area contributed by atoms with Gasteiger partial charge in [0.25, 0.3) is 5.69 Å². The number of nitro groups is 1. The van der Waals surface area contributed by atoms with Crippen LogP contribution in [0.15, 0.2) is 24.5 Å². The SMILES string of the molecule is CC(C#N)CN(C)c1ncnc2ccc([N+](=O)[O-])cc12. The summed E-state index contributed by atoms with van der Waals surface area (Å²) >= 11 is 0. The Hall–Kier alpha value is -2.75. The number of nitrogens with zero attached hydrogens (tertiary/aromatic N) is 5. The molecule has 2 rings (SSSR count). The molecule has 20 heavy (non-hydrogen) atoms. The molecule has 102 valence electrons. The van der Waals surface area contributed by atoms with Crippen LogP contribution < -0.4 is 4.90 Å². The number of non-ortho nitro benzene ring substituents is 1. The number of anilines is 1. The van der Waals surface area contributed by atoms with E-state index in [1.54, 1.807) is 13.1 Å². The molecule has 1 aromatic heterocycles. The van der Waals surface area contributed by atoms with Crippen molar-refractivity contribution in [1.29, 1.82) is 5.26 Å². The van der Waals surface area contributed by atoms with Crippen molar-refractivity contribution < 1.29 is 4.92 Å². The Morgan fingerprint density at radius 2 is 2.25 bits per heavy atom. The summed E-state index contributed by atoms with van der Waals surface area (Å²) in [5.41, 5.74) is 0.632. The van der Waals surface area contributed by atoms with Gasteiger partial charge in [-0.05, 0) is 13.0 Å². The number of rotatable bonds is 4. The van der Waals surface area contributed by atoms with E-state index in [4.69, 9.17) is 5.26 Å². The molecule has 0 spiro atoms. The van der Waals surface area contributed by atoms with Gasteiger partial charge in [-0.3, -0.25) is 10.1 Å². The summed E-state index contributed by atoms with van der Waals surface area (Å²) in [4.78, 5) is 20.5. The second-order valence-corrected chi connectivity index (χ2v) is 4.57. The maximum atomic E-state index is 10.9. The lowest BCUT2D eigenvalue weighted by Gasteiger charge is -2.20. The molecule has 0 amide bonds. The highest BCUT2D eigenvalue weighted by Gasteiger charge is 2.14. The van der Waals surface area contributed by atoms with Gasteiger partial charge in [0.15, 0.2) is 0 Å². The lowest BCUT2D eigenvalue weighted by Crippen LogP contribution is -2.24. The lowest BCUT2D eigenvalue weighted by atomic mass is 10.1. The van der Waals surface area contributed by atoms with Crippen LogP contribution in [0, 0.1) is 27.4 Å². The highest BCUT2D eigenvalue weighted by Crippen LogP contribution is 2.26. The molecule has 7 heteroatoms. The average molecular weight is 271 g/mol. The standard InChI is InChI=1S/C13H13N5O2/c1-9(6-14)7-17(2)13-11-5-10(18(19)20)3-4-12(11)15-8-16-13/h3-5,8-9H,7H2,1-2H3. The summed E-state index contributed by atoms with van der Waals surface area (Å²) < 4.78 is 0. The topological polar surface area (TPSA) is 96.0 Å². The molecule has 1 atom stereocenters. The fraction of sp³-hybridized carbons (Fsp3) is 0.308. The molecule has 0 N–H and O–H groups in total. The number of nitriles is 1. The number of aromatic nitrogens is 2. The first kappa shape index (κ1) is 13.7. The van der Waals surface area contributed by atoms with Crippen LogP contribution in [0.4, 0.5) is 11.5 Å². The molecule has 0 aliphatic heterocycles. The van der Waals surface area contributed by atoms with Gasteiger partial charge in [0.05, 0.1) is 22.4 Å². The smallest absolute Gasteiger partial charge is 0.270 e. The van der Waals surface area contributed by atoms with Crippen LogP contribution in [0.2, 0.25) is 0 Å². The highest BCUT2D eigenvalue weighted by atomic mass is 16.6. The van der Waals surface area contributed by atoms with E-state index in [2.05, 4.69) is 16.0 Å². The van der Waals surface area contributed by atoms with E-state index in [0.29, 0.717) is 23.3 Å². The third-order valence-corrected chi connectivity index (χ3v) is 2.94. The van der Waals surface area contributed by atoms with Gasteiger partial charge in [-0.1, -0.05) is 0 Å². The van der Waals surface area contributed by atoms with Gasteiger partial charge < -0.3 is 4.90 Å². The number of fused-ring (bicyclic) bond motifs is 1. The van der Waals surface area contributed by atoms with E-state index < -0.39 is 4.92 Å². The summed E-state index contributed by atoms with van der Waals surface area (Å²) in [6.45, 7) is 2.30. The molecule has 2 aromatic rings. The Labute approximate surface area is 115 Å². The van der Waals surface area contributed by atoms with Crippen molar-refractivity contribution >= 4 is 22.4 Å². The third kappa shape index (κ3) is 2.64. The first-order valence-corrected chi connectivity index (χ1v) is 6.03. The molecule has 0 aliphatic rings. The minimum Gasteiger partial charge on any atom is -0.358 e. The van der Waals surface area contributed by atoms with Crippen molar-refractivity contribution in [2.75, 3.05) is 18.5 Å². The first-order chi connectivity index (χ1) is 9.52. The number of hydrogen-bond acceptors (Lipinski definition) is 6. The van der Waals surface area contributed by atoms with E-state index in [1.165, 1.54) is 18.5 Å². The molecule has 1 heterocycles. The Balaban J connectivity index is 2.50. The van der Waals surface area contributed by atoms with Gasteiger partial charge in [0.1, 0.15) is 12.1 Å². The molecular weight excluding hydrogens is 258 g/mol. The van der Waals surface area contributed by atoms with Crippen molar-refractivity contribution in [3.05, 3.63) is 34.6 Å². The first-order valence-electron chi connectivity index (χ1n) is 6.03. The van der Waals surface area contributed by atoms with Crippen LogP contribution in [-0.2, 0) is 0 Å². The summed E-state index contributed by atoms with van der Waals surface area (Å²) in [7, 11) is 1.80. The van der Waals surface area contributed by atoms with Crippen molar-refractivity contribution in [3.63, 3.8) is 0 Å². The Morgan fingerprint density at radius 1 is 1.50 bits per heavy atom. The van der Waals surface area contributed by atoms with Gasteiger partial charge >= 0.3 is 0 Å². The zero-order chi connectivity index (χ0) is 14.7. The van der Waals surface area contributed by atoms with Gasteiger partial charge in [-0.25, -0.2) is 9.97 Å². The summed E-state index contributed by atoms with van der Waals surface area (Å²) in [6, 6.07) is 6.62. The second kappa shape index (κ2) is 5.48. The van der Waals surface area contributed by atoms with Crippen molar-refractivity contribution in [2.45, 2.75) is 6.92 Å². The van der Waals surface area contributed by atoms with Gasteiger partial charge in [-0.15, -0.1) is 0 Å². The van der Waals surface area contributed by atoms with E-state index in [1.807, 2.05) is 11.8 Å². The second-order valence-electron chi connectivity index (χ2n) is 4.57. The van der Waals surface area contributed by atoms with E-state index in [-0.39, 0.29) is 11.6 Å². The molecule has 0 saturated heterocycles. The van der Waals surface area contributed by atoms with E-state index in [9.17, 15) is 10.1 Å². The van der Waals surface area contributed by atoms with Crippen molar-refractivity contribution in [3.8, 4) is 6.07 Å². The number of benzene rings is 1. The molecule has 0 bridgehead atoms. The Kier molecular flexibility index (Phi) is 3.75. The number of nitro benzene ring substituents is 1. The van der Waals surface area contributed by atoms with E-state index in [0.717, 1.165) is 0 Å². The maximum absolute atomic E-state index is 10.9. The zero-order valence-electron chi connectivity index (χ0n) is 11.1. The van der Waals surface area contributed by atoms with Crippen molar-refractivity contribution in [1.82, 2.24) is 9.97 Å². The highest BCUT2D eigenvalue weighted by molar-refractivity contribution is 5.90. The molecule has 1 unspecified atom stereocenters. The lowest BCUT2D eigenvalue weighted by molar-refractivity contribution is -0.384. The fourth-order valence-corrected chi connectivity index (χ4v) is 1.99. The van der Waals surface area contributed by atoms with Crippen LogP contribution in [-0.4, -0.2) is 28.5 Å². The average Bonchev–Trinajstić information content (AvgIpc) is 2.45. The van der Waals surface area contributed by atoms with Crippen molar-refractivity contribution in [2.24, 2.45) is 5.92 Å². The Morgan fingerprint density at radius 3 is 2.90 bits per heavy atom. The largest absolute Gasteiger partial charge is 0.358 e. The minimum absolute atomic E-state index is 0.00437. The zero-order valence-corrected chi connectivity index (χ0v) is 11.1. The van der Waals surface area contributed by atoms with Crippen LogP contribution in [0.25, 0.3) is 10.9 Å². The van der Waals surface area contributed by atoms with Gasteiger partial charge in [-0.2, -0.15) is 5.26 Å². The van der Waals surface area contributed by atoms with Gasteiger partial charge in [0.2, 0.25) is 0 Å². The molecule has 7 nitrogen and oxygen atoms in total. The van der Waals surface area contributed by atoms with E-state index >= 15 is 0 Å². The molecule has 0 fully saturated rings. The number of hydrogen-bond donors (Lipinski definition) is 0. The normalized spacial score (nSPS) is 11.8. The molecular formula is C13H13N5O2. The monoisotopic (exact) mass is 271 g/mol. The van der Waals surface area contributed by atoms with Gasteiger partial charge in [0, 0.05) is 31.1 Å². The summed E-state index contributed by atoms with van der Waals surface area (Å²) in [5, 5.41) is 20.3. The fourth-order valence-electron chi connectivity index (χ4n) is 1.99. The molecule has 0 saturated carbocycles. The summed E-state index contributed by atoms with van der Waals surface area (Å²) in [5.74, 6) is 0.421. The predicted octanol–water partition coefficient (Wildman–Crippen LogP) is 2.13. The van der Waals surface area contributed by atoms with Crippen LogP contribution in [0.5, 0.6) is 0 Å². The minimum atomic E-state index is -0.450.